The minimum absolute atomic E-state index is 0.0666. The largest absolute Gasteiger partial charge is 0.459 e. The molecule has 4 nitrogen and oxygen atoms in total. The summed E-state index contributed by atoms with van der Waals surface area (Å²) in [5, 5.41) is 14.9. The fraction of sp³-hybridized carbons (Fsp3) is 0.529. The molecule has 0 saturated carbocycles. The van der Waals surface area contributed by atoms with Crippen molar-refractivity contribution in [3.8, 4) is 0 Å². The van der Waals surface area contributed by atoms with Crippen molar-refractivity contribution in [3.63, 3.8) is 0 Å². The summed E-state index contributed by atoms with van der Waals surface area (Å²) in [6.07, 6.45) is 1.62. The Kier molecular flexibility index (Phi) is 4.02. The van der Waals surface area contributed by atoms with E-state index in [2.05, 4.69) is 25.2 Å². The van der Waals surface area contributed by atoms with Crippen molar-refractivity contribution in [2.24, 2.45) is 0 Å². The third-order valence-corrected chi connectivity index (χ3v) is 4.30. The minimum atomic E-state index is -0.743. The van der Waals surface area contributed by atoms with Crippen LogP contribution in [0.1, 0.15) is 37.6 Å². The molecule has 3 rings (SSSR count). The SMILES string of the molecule is CCc1c([C@H](C)NC[C@]2(O)CCOC2)oc2ccccc12. The molecule has 4 heteroatoms. The molecule has 0 bridgehead atoms. The van der Waals surface area contributed by atoms with Crippen LogP contribution in [0.25, 0.3) is 11.0 Å². The van der Waals surface area contributed by atoms with Crippen molar-refractivity contribution >= 4 is 11.0 Å². The van der Waals surface area contributed by atoms with E-state index in [0.29, 0.717) is 26.2 Å². The number of aryl methyl sites for hydroxylation is 1. The lowest BCUT2D eigenvalue weighted by Crippen LogP contribution is -2.41. The van der Waals surface area contributed by atoms with Crippen LogP contribution in [0.4, 0.5) is 0 Å². The first-order valence-electron chi connectivity index (χ1n) is 7.67. The van der Waals surface area contributed by atoms with Crippen LogP contribution in [-0.2, 0) is 11.2 Å². The van der Waals surface area contributed by atoms with Gasteiger partial charge in [-0.25, -0.2) is 0 Å². The highest BCUT2D eigenvalue weighted by molar-refractivity contribution is 5.82. The molecule has 0 radical (unpaired) electrons. The van der Waals surface area contributed by atoms with Crippen molar-refractivity contribution in [3.05, 3.63) is 35.6 Å². The molecule has 1 fully saturated rings. The van der Waals surface area contributed by atoms with Gasteiger partial charge in [0.2, 0.25) is 0 Å². The lowest BCUT2D eigenvalue weighted by atomic mass is 10.0. The highest BCUT2D eigenvalue weighted by Crippen LogP contribution is 2.30. The number of hydrogen-bond acceptors (Lipinski definition) is 4. The Morgan fingerprint density at radius 3 is 2.90 bits per heavy atom. The second kappa shape index (κ2) is 5.79. The van der Waals surface area contributed by atoms with Crippen LogP contribution in [0.3, 0.4) is 0 Å². The number of furan rings is 1. The molecule has 114 valence electrons. The summed E-state index contributed by atoms with van der Waals surface area (Å²) in [5.41, 5.74) is 1.44. The fourth-order valence-corrected chi connectivity index (χ4v) is 3.00. The standard InChI is InChI=1S/C17H23NO3/c1-3-13-14-6-4-5-7-15(14)21-16(13)12(2)18-10-17(19)8-9-20-11-17/h4-7,12,18-19H,3,8-11H2,1-2H3/t12-,17+/m0/s1. The van der Waals surface area contributed by atoms with Gasteiger partial charge in [-0.15, -0.1) is 0 Å². The maximum absolute atomic E-state index is 10.3. The van der Waals surface area contributed by atoms with Crippen LogP contribution in [0.2, 0.25) is 0 Å². The van der Waals surface area contributed by atoms with Crippen LogP contribution >= 0.6 is 0 Å². The van der Waals surface area contributed by atoms with Crippen molar-refractivity contribution < 1.29 is 14.3 Å². The maximum atomic E-state index is 10.3. The fourth-order valence-electron chi connectivity index (χ4n) is 3.00. The van der Waals surface area contributed by atoms with Gasteiger partial charge in [0, 0.05) is 30.5 Å². The Labute approximate surface area is 125 Å². The van der Waals surface area contributed by atoms with E-state index < -0.39 is 5.60 Å². The van der Waals surface area contributed by atoms with Gasteiger partial charge in [0.25, 0.3) is 0 Å². The van der Waals surface area contributed by atoms with E-state index in [0.717, 1.165) is 17.8 Å². The molecule has 1 aliphatic heterocycles. The second-order valence-corrected chi connectivity index (χ2v) is 5.92. The molecule has 0 unspecified atom stereocenters. The smallest absolute Gasteiger partial charge is 0.134 e. The van der Waals surface area contributed by atoms with Gasteiger partial charge in [0.15, 0.2) is 0 Å². The Morgan fingerprint density at radius 2 is 2.19 bits per heavy atom. The van der Waals surface area contributed by atoms with E-state index in [1.165, 1.54) is 10.9 Å². The summed E-state index contributed by atoms with van der Waals surface area (Å²) in [6, 6.07) is 8.20. The summed E-state index contributed by atoms with van der Waals surface area (Å²) in [7, 11) is 0. The predicted molar refractivity (Wildman–Crippen MR) is 82.4 cm³/mol. The zero-order valence-electron chi connectivity index (χ0n) is 12.7. The summed E-state index contributed by atoms with van der Waals surface area (Å²) >= 11 is 0. The van der Waals surface area contributed by atoms with E-state index in [1.807, 2.05) is 18.2 Å². The number of benzene rings is 1. The summed E-state index contributed by atoms with van der Waals surface area (Å²) < 4.78 is 11.3. The molecular weight excluding hydrogens is 266 g/mol. The maximum Gasteiger partial charge on any atom is 0.134 e. The number of hydrogen-bond donors (Lipinski definition) is 2. The molecule has 0 spiro atoms. The molecule has 1 saturated heterocycles. The highest BCUT2D eigenvalue weighted by Gasteiger charge is 2.32. The molecule has 1 aromatic heterocycles. The average molecular weight is 289 g/mol. The van der Waals surface area contributed by atoms with Gasteiger partial charge in [-0.3, -0.25) is 0 Å². The van der Waals surface area contributed by atoms with E-state index in [9.17, 15) is 5.11 Å². The van der Waals surface area contributed by atoms with E-state index in [-0.39, 0.29) is 6.04 Å². The van der Waals surface area contributed by atoms with Gasteiger partial charge in [-0.2, -0.15) is 0 Å². The quantitative estimate of drug-likeness (QED) is 0.888. The molecular formula is C17H23NO3. The lowest BCUT2D eigenvalue weighted by Gasteiger charge is -2.23. The monoisotopic (exact) mass is 289 g/mol. The normalized spacial score (nSPS) is 23.8. The van der Waals surface area contributed by atoms with Crippen LogP contribution in [0.5, 0.6) is 0 Å². The summed E-state index contributed by atoms with van der Waals surface area (Å²) in [4.78, 5) is 0. The lowest BCUT2D eigenvalue weighted by molar-refractivity contribution is 0.0247. The van der Waals surface area contributed by atoms with Gasteiger partial charge in [-0.05, 0) is 19.4 Å². The van der Waals surface area contributed by atoms with Crippen molar-refractivity contribution in [2.75, 3.05) is 19.8 Å². The summed E-state index contributed by atoms with van der Waals surface area (Å²) in [5.74, 6) is 0.973. The van der Waals surface area contributed by atoms with Gasteiger partial charge in [0.05, 0.1) is 12.6 Å². The van der Waals surface area contributed by atoms with Gasteiger partial charge in [0.1, 0.15) is 16.9 Å². The molecule has 2 N–H and O–H groups in total. The molecule has 2 aromatic rings. The van der Waals surface area contributed by atoms with Crippen molar-refractivity contribution in [1.82, 2.24) is 5.32 Å². The molecule has 21 heavy (non-hydrogen) atoms. The first-order valence-corrected chi connectivity index (χ1v) is 7.67. The molecule has 0 amide bonds. The Hall–Kier alpha value is -1.36. The topological polar surface area (TPSA) is 54.6 Å². The van der Waals surface area contributed by atoms with Gasteiger partial charge < -0.3 is 19.6 Å². The molecule has 2 heterocycles. The van der Waals surface area contributed by atoms with Crippen molar-refractivity contribution in [2.45, 2.75) is 38.3 Å². The summed E-state index contributed by atoms with van der Waals surface area (Å²) in [6.45, 7) is 5.79. The van der Waals surface area contributed by atoms with Crippen LogP contribution in [0.15, 0.2) is 28.7 Å². The van der Waals surface area contributed by atoms with Gasteiger partial charge in [-0.1, -0.05) is 25.1 Å². The first kappa shape index (κ1) is 14.6. The first-order chi connectivity index (χ1) is 10.1. The third kappa shape index (κ3) is 2.84. The van der Waals surface area contributed by atoms with Crippen molar-refractivity contribution in [1.29, 1.82) is 0 Å². The number of rotatable bonds is 5. The zero-order chi connectivity index (χ0) is 14.9. The minimum Gasteiger partial charge on any atom is -0.459 e. The Morgan fingerprint density at radius 1 is 1.38 bits per heavy atom. The third-order valence-electron chi connectivity index (χ3n) is 4.30. The van der Waals surface area contributed by atoms with E-state index in [1.54, 1.807) is 0 Å². The van der Waals surface area contributed by atoms with Crippen LogP contribution in [0, 0.1) is 0 Å². The van der Waals surface area contributed by atoms with Crippen LogP contribution in [-0.4, -0.2) is 30.5 Å². The number of aliphatic hydroxyl groups is 1. The number of para-hydroxylation sites is 1. The Bertz CT molecular complexity index is 614. The average Bonchev–Trinajstić information content (AvgIpc) is 3.08. The highest BCUT2D eigenvalue weighted by atomic mass is 16.5. The number of nitrogens with one attached hydrogen (secondary N) is 1. The molecule has 1 aromatic carbocycles. The molecule has 1 aliphatic rings. The predicted octanol–water partition coefficient (Wildman–Crippen LogP) is 2.80. The number of fused-ring (bicyclic) bond motifs is 1. The second-order valence-electron chi connectivity index (χ2n) is 5.92. The Balaban J connectivity index is 1.79. The zero-order valence-corrected chi connectivity index (χ0v) is 12.7. The molecule has 2 atom stereocenters. The molecule has 0 aliphatic carbocycles. The van der Waals surface area contributed by atoms with E-state index in [4.69, 9.17) is 9.15 Å². The number of ether oxygens (including phenoxy) is 1. The van der Waals surface area contributed by atoms with Gasteiger partial charge >= 0.3 is 0 Å². The van der Waals surface area contributed by atoms with Crippen LogP contribution < -0.4 is 5.32 Å². The van der Waals surface area contributed by atoms with E-state index >= 15 is 0 Å².